The summed E-state index contributed by atoms with van der Waals surface area (Å²) >= 11 is 1.67. The molecule has 0 unspecified atom stereocenters. The van der Waals surface area contributed by atoms with E-state index in [2.05, 4.69) is 10.7 Å². The Morgan fingerprint density at radius 2 is 2.28 bits per heavy atom. The van der Waals surface area contributed by atoms with Crippen LogP contribution in [0.3, 0.4) is 0 Å². The minimum absolute atomic E-state index is 0.675. The molecule has 3 nitrogen and oxygen atoms in total. The summed E-state index contributed by atoms with van der Waals surface area (Å²) in [4.78, 5) is 0. The van der Waals surface area contributed by atoms with Gasteiger partial charge in [0.05, 0.1) is 13.7 Å². The maximum absolute atomic E-state index is 5.80. The molecule has 18 heavy (non-hydrogen) atoms. The summed E-state index contributed by atoms with van der Waals surface area (Å²) in [5.74, 6) is 1.68. The predicted octanol–water partition coefficient (Wildman–Crippen LogP) is 4.12. The summed E-state index contributed by atoms with van der Waals surface area (Å²) in [7, 11) is 1.65. The van der Waals surface area contributed by atoms with Crippen LogP contribution in [-0.4, -0.2) is 7.11 Å². The number of methoxy groups -OCH3 is 1. The maximum atomic E-state index is 5.80. The highest BCUT2D eigenvalue weighted by Crippen LogP contribution is 2.28. The first kappa shape index (κ1) is 11.2. The topological polar surface area (TPSA) is 34.4 Å². The smallest absolute Gasteiger partial charge is 0.176 e. The van der Waals surface area contributed by atoms with E-state index in [4.69, 9.17) is 9.15 Å². The first-order valence-electron chi connectivity index (χ1n) is 5.68. The van der Waals surface area contributed by atoms with E-state index in [-0.39, 0.29) is 0 Å². The molecule has 0 saturated carbocycles. The largest absolute Gasteiger partial charge is 0.493 e. The van der Waals surface area contributed by atoms with Gasteiger partial charge in [0, 0.05) is 16.5 Å². The number of para-hydroxylation sites is 1. The Morgan fingerprint density at radius 1 is 1.33 bits per heavy atom. The van der Waals surface area contributed by atoms with Crippen LogP contribution in [-0.2, 0) is 6.54 Å². The number of hydrogen-bond donors (Lipinski definition) is 1. The molecule has 3 rings (SSSR count). The van der Waals surface area contributed by atoms with Crippen LogP contribution in [0.4, 0.5) is 5.69 Å². The zero-order valence-electron chi connectivity index (χ0n) is 9.97. The molecule has 0 saturated heterocycles. The van der Waals surface area contributed by atoms with Gasteiger partial charge in [-0.2, -0.15) is 11.3 Å². The van der Waals surface area contributed by atoms with Gasteiger partial charge < -0.3 is 14.5 Å². The Hall–Kier alpha value is -1.94. The molecule has 0 bridgehead atoms. The van der Waals surface area contributed by atoms with Gasteiger partial charge in [0.2, 0.25) is 0 Å². The zero-order valence-corrected chi connectivity index (χ0v) is 10.8. The van der Waals surface area contributed by atoms with Crippen LogP contribution in [0.1, 0.15) is 5.76 Å². The van der Waals surface area contributed by atoms with Crippen LogP contribution in [0.5, 0.6) is 5.75 Å². The second kappa shape index (κ2) is 4.74. The molecule has 92 valence electrons. The van der Waals surface area contributed by atoms with Crippen molar-refractivity contribution in [2.45, 2.75) is 6.54 Å². The third-order valence-corrected chi connectivity index (χ3v) is 3.45. The van der Waals surface area contributed by atoms with Crippen molar-refractivity contribution in [3.05, 3.63) is 46.9 Å². The van der Waals surface area contributed by atoms with Crippen molar-refractivity contribution in [3.63, 3.8) is 0 Å². The molecule has 0 fully saturated rings. The minimum Gasteiger partial charge on any atom is -0.493 e. The number of fused-ring (bicyclic) bond motifs is 1. The lowest BCUT2D eigenvalue weighted by Crippen LogP contribution is -1.95. The van der Waals surface area contributed by atoms with Crippen molar-refractivity contribution in [1.29, 1.82) is 0 Å². The highest BCUT2D eigenvalue weighted by atomic mass is 32.1. The van der Waals surface area contributed by atoms with E-state index in [0.29, 0.717) is 6.54 Å². The Balaban J connectivity index is 1.85. The van der Waals surface area contributed by atoms with E-state index < -0.39 is 0 Å². The normalized spacial score (nSPS) is 10.7. The summed E-state index contributed by atoms with van der Waals surface area (Å²) in [6, 6.07) is 9.98. The molecule has 3 aromatic rings. The molecule has 4 heteroatoms. The van der Waals surface area contributed by atoms with E-state index in [1.54, 1.807) is 18.4 Å². The number of furan rings is 1. The van der Waals surface area contributed by atoms with Gasteiger partial charge in [0.25, 0.3) is 0 Å². The van der Waals surface area contributed by atoms with Gasteiger partial charge in [0.15, 0.2) is 11.3 Å². The van der Waals surface area contributed by atoms with Crippen LogP contribution in [0.2, 0.25) is 0 Å². The van der Waals surface area contributed by atoms with Crippen molar-refractivity contribution in [1.82, 2.24) is 0 Å². The van der Waals surface area contributed by atoms with E-state index in [1.807, 2.05) is 35.7 Å². The van der Waals surface area contributed by atoms with Crippen molar-refractivity contribution in [3.8, 4) is 5.75 Å². The maximum Gasteiger partial charge on any atom is 0.176 e. The molecule has 0 aliphatic rings. The average molecular weight is 259 g/mol. The summed E-state index contributed by atoms with van der Waals surface area (Å²) in [6.07, 6.45) is 0. The van der Waals surface area contributed by atoms with Gasteiger partial charge in [-0.3, -0.25) is 0 Å². The Bertz CT molecular complexity index is 643. The fourth-order valence-corrected chi connectivity index (χ4v) is 2.50. The molecule has 0 amide bonds. The van der Waals surface area contributed by atoms with E-state index >= 15 is 0 Å². The van der Waals surface area contributed by atoms with Gasteiger partial charge in [-0.25, -0.2) is 0 Å². The zero-order chi connectivity index (χ0) is 12.4. The molecule has 0 spiro atoms. The highest BCUT2D eigenvalue weighted by molar-refractivity contribution is 7.08. The average Bonchev–Trinajstić information content (AvgIpc) is 3.04. The number of anilines is 1. The van der Waals surface area contributed by atoms with Gasteiger partial charge in [-0.15, -0.1) is 0 Å². The quantitative estimate of drug-likeness (QED) is 0.765. The number of rotatable bonds is 4. The fourth-order valence-electron chi connectivity index (χ4n) is 1.89. The van der Waals surface area contributed by atoms with E-state index in [9.17, 15) is 0 Å². The number of nitrogens with one attached hydrogen (secondary N) is 1. The molecule has 0 radical (unpaired) electrons. The lowest BCUT2D eigenvalue weighted by Gasteiger charge is -2.00. The van der Waals surface area contributed by atoms with Crippen molar-refractivity contribution < 1.29 is 9.15 Å². The standard InChI is InChI=1S/C14H13NO2S/c1-16-13-4-2-3-10-7-12(17-14(10)13)8-15-11-5-6-18-9-11/h2-7,9,15H,8H2,1H3. The van der Waals surface area contributed by atoms with Crippen LogP contribution in [0.15, 0.2) is 45.5 Å². The Morgan fingerprint density at radius 3 is 3.06 bits per heavy atom. The summed E-state index contributed by atoms with van der Waals surface area (Å²) in [5, 5.41) is 8.50. The van der Waals surface area contributed by atoms with Crippen LogP contribution in [0, 0.1) is 0 Å². The van der Waals surface area contributed by atoms with Crippen molar-refractivity contribution in [2.24, 2.45) is 0 Å². The Labute approximate surface area is 109 Å². The van der Waals surface area contributed by atoms with Crippen molar-refractivity contribution >= 4 is 28.0 Å². The van der Waals surface area contributed by atoms with Crippen LogP contribution < -0.4 is 10.1 Å². The molecule has 0 aliphatic heterocycles. The number of benzene rings is 1. The van der Waals surface area contributed by atoms with Gasteiger partial charge in [-0.05, 0) is 23.6 Å². The van der Waals surface area contributed by atoms with Gasteiger partial charge in [0.1, 0.15) is 5.76 Å². The molecule has 2 heterocycles. The second-order valence-corrected chi connectivity index (χ2v) is 4.74. The molecule has 2 aromatic heterocycles. The van der Waals surface area contributed by atoms with Crippen LogP contribution >= 0.6 is 11.3 Å². The second-order valence-electron chi connectivity index (χ2n) is 3.96. The summed E-state index contributed by atoms with van der Waals surface area (Å²) in [6.45, 7) is 0.675. The summed E-state index contributed by atoms with van der Waals surface area (Å²) < 4.78 is 11.1. The third kappa shape index (κ3) is 2.07. The number of hydrogen-bond acceptors (Lipinski definition) is 4. The molecular formula is C14H13NO2S. The predicted molar refractivity (Wildman–Crippen MR) is 74.4 cm³/mol. The highest BCUT2D eigenvalue weighted by Gasteiger charge is 2.08. The van der Waals surface area contributed by atoms with Crippen LogP contribution in [0.25, 0.3) is 11.0 Å². The van der Waals surface area contributed by atoms with Gasteiger partial charge in [-0.1, -0.05) is 12.1 Å². The van der Waals surface area contributed by atoms with E-state index in [1.165, 1.54) is 0 Å². The molecular weight excluding hydrogens is 246 g/mol. The van der Waals surface area contributed by atoms with E-state index in [0.717, 1.165) is 28.2 Å². The summed E-state index contributed by atoms with van der Waals surface area (Å²) in [5.41, 5.74) is 1.93. The first-order valence-corrected chi connectivity index (χ1v) is 6.62. The lowest BCUT2D eigenvalue weighted by atomic mass is 10.2. The fraction of sp³-hybridized carbons (Fsp3) is 0.143. The third-order valence-electron chi connectivity index (χ3n) is 2.77. The van der Waals surface area contributed by atoms with Gasteiger partial charge >= 0.3 is 0 Å². The monoisotopic (exact) mass is 259 g/mol. The first-order chi connectivity index (χ1) is 8.86. The Kier molecular flexibility index (Phi) is 2.94. The SMILES string of the molecule is COc1cccc2cc(CNc3ccsc3)oc12. The van der Waals surface area contributed by atoms with Crippen molar-refractivity contribution in [2.75, 3.05) is 12.4 Å². The number of ether oxygens (including phenoxy) is 1. The lowest BCUT2D eigenvalue weighted by molar-refractivity contribution is 0.408. The number of thiophene rings is 1. The molecule has 0 atom stereocenters. The molecule has 1 aromatic carbocycles. The minimum atomic E-state index is 0.675. The molecule has 0 aliphatic carbocycles. The molecule has 1 N–H and O–H groups in total.